The lowest BCUT2D eigenvalue weighted by atomic mass is 9.69. The summed E-state index contributed by atoms with van der Waals surface area (Å²) in [6.07, 6.45) is -0.404. The summed E-state index contributed by atoms with van der Waals surface area (Å²) in [4.78, 5) is 12.0. The van der Waals surface area contributed by atoms with Gasteiger partial charge >= 0.3 is 5.97 Å². The second-order valence-corrected chi connectivity index (χ2v) is 14.3. The quantitative estimate of drug-likeness (QED) is 0.714. The van der Waals surface area contributed by atoms with E-state index in [1.807, 2.05) is 43.3 Å². The van der Waals surface area contributed by atoms with Crippen molar-refractivity contribution in [1.82, 2.24) is 0 Å². The summed E-state index contributed by atoms with van der Waals surface area (Å²) in [6, 6.07) is 20.7. The van der Waals surface area contributed by atoms with Crippen LogP contribution in [0.2, 0.25) is 5.04 Å². The molecule has 1 fully saturated rings. The zero-order valence-electron chi connectivity index (χ0n) is 18.6. The summed E-state index contributed by atoms with van der Waals surface area (Å²) in [7, 11) is -2.81. The fourth-order valence-electron chi connectivity index (χ4n) is 4.85. The fraction of sp³-hybridized carbons (Fsp3) is 0.480. The van der Waals surface area contributed by atoms with Gasteiger partial charge in [0, 0.05) is 5.92 Å². The van der Waals surface area contributed by atoms with E-state index in [4.69, 9.17) is 4.43 Å². The molecule has 0 radical (unpaired) electrons. The summed E-state index contributed by atoms with van der Waals surface area (Å²) >= 11 is 0. The van der Waals surface area contributed by atoms with Gasteiger partial charge in [-0.1, -0.05) is 88.4 Å². The Morgan fingerprint density at radius 3 is 1.87 bits per heavy atom. The van der Waals surface area contributed by atoms with Gasteiger partial charge in [-0.25, -0.2) is 0 Å². The number of benzene rings is 2. The monoisotopic (exact) mass is 426 g/mol. The van der Waals surface area contributed by atoms with E-state index < -0.39 is 25.8 Å². The molecule has 2 aromatic rings. The molecule has 3 rings (SSSR count). The highest BCUT2D eigenvalue weighted by Gasteiger charge is 2.55. The van der Waals surface area contributed by atoms with Crippen molar-refractivity contribution in [2.24, 2.45) is 11.3 Å². The molecule has 0 aromatic heterocycles. The maximum atomic E-state index is 12.0. The van der Waals surface area contributed by atoms with Gasteiger partial charge in [0.05, 0.1) is 17.6 Å². The average molecular weight is 427 g/mol. The van der Waals surface area contributed by atoms with Crippen LogP contribution in [0.4, 0.5) is 0 Å². The number of hydrogen-bond acceptors (Lipinski definition) is 3. The van der Waals surface area contributed by atoms with Gasteiger partial charge < -0.3 is 14.6 Å². The Hall–Kier alpha value is -1.95. The lowest BCUT2D eigenvalue weighted by molar-refractivity contribution is -0.158. The molecule has 0 saturated heterocycles. The van der Waals surface area contributed by atoms with Crippen LogP contribution in [0.3, 0.4) is 0 Å². The van der Waals surface area contributed by atoms with Crippen molar-refractivity contribution < 1.29 is 19.4 Å². The Balaban J connectivity index is 2.17. The molecule has 0 heterocycles. The summed E-state index contributed by atoms with van der Waals surface area (Å²) in [5.41, 5.74) is -0.998. The first-order chi connectivity index (χ1) is 14.0. The van der Waals surface area contributed by atoms with Gasteiger partial charge in [0.1, 0.15) is 0 Å². The van der Waals surface area contributed by atoms with E-state index in [9.17, 15) is 15.0 Å². The molecule has 162 valence electrons. The molecule has 0 amide bonds. The van der Waals surface area contributed by atoms with Crippen LogP contribution in [0.25, 0.3) is 0 Å². The molecule has 1 aliphatic carbocycles. The molecule has 1 aliphatic rings. The molecule has 5 heteroatoms. The predicted molar refractivity (Wildman–Crippen MR) is 123 cm³/mol. The Kier molecular flexibility index (Phi) is 6.28. The molecule has 4 nitrogen and oxygen atoms in total. The number of aliphatic carboxylic acids is 1. The standard InChI is InChI=1S/C25H34O4Si/c1-18-21(26)16-25(5,23(27)28)17-22(18)29-30(24(2,3)4,19-12-8-6-9-13-19)20-14-10-7-11-15-20/h6-15,18,21-22,26H,16-17H2,1-5H3,(H,27,28)/t18-,21+,22+,25+/m0/s1. The molecule has 1 saturated carbocycles. The number of carboxylic acid groups (broad SMARTS) is 1. The highest BCUT2D eigenvalue weighted by molar-refractivity contribution is 6.99. The SMILES string of the molecule is C[C@H]1[C@H](O)C[C@@](C)(C(=O)O)C[C@H]1O[Si](c1ccccc1)(c1ccccc1)C(C)(C)C. The third-order valence-corrected chi connectivity index (χ3v) is 11.8. The second kappa shape index (κ2) is 8.29. The Labute approximate surface area is 181 Å². The minimum absolute atomic E-state index is 0.140. The average Bonchev–Trinajstić information content (AvgIpc) is 2.70. The van der Waals surface area contributed by atoms with E-state index in [-0.39, 0.29) is 23.5 Å². The Morgan fingerprint density at radius 2 is 1.47 bits per heavy atom. The van der Waals surface area contributed by atoms with E-state index in [1.165, 1.54) is 0 Å². The number of aliphatic hydroxyl groups is 1. The zero-order chi connectivity index (χ0) is 22.2. The van der Waals surface area contributed by atoms with Crippen LogP contribution in [0, 0.1) is 11.3 Å². The summed E-state index contributed by atoms with van der Waals surface area (Å²) < 4.78 is 7.16. The maximum absolute atomic E-state index is 12.0. The van der Waals surface area contributed by atoms with E-state index in [0.29, 0.717) is 6.42 Å². The van der Waals surface area contributed by atoms with Gasteiger partial charge in [-0.2, -0.15) is 0 Å². The molecule has 0 unspecified atom stereocenters. The van der Waals surface area contributed by atoms with Gasteiger partial charge in [-0.3, -0.25) is 4.79 Å². The third-order valence-electron chi connectivity index (χ3n) is 6.77. The molecule has 30 heavy (non-hydrogen) atoms. The van der Waals surface area contributed by atoms with E-state index in [2.05, 4.69) is 45.0 Å². The Morgan fingerprint density at radius 1 is 1.00 bits per heavy atom. The van der Waals surface area contributed by atoms with Crippen LogP contribution in [-0.2, 0) is 9.22 Å². The first kappa shape index (κ1) is 22.7. The molecular weight excluding hydrogens is 392 g/mol. The number of hydrogen-bond donors (Lipinski definition) is 2. The lowest BCUT2D eigenvalue weighted by Crippen LogP contribution is -2.69. The molecule has 4 atom stereocenters. The Bertz CT molecular complexity index is 822. The van der Waals surface area contributed by atoms with E-state index >= 15 is 0 Å². The first-order valence-corrected chi connectivity index (χ1v) is 12.6. The van der Waals surface area contributed by atoms with Crippen molar-refractivity contribution in [3.8, 4) is 0 Å². The minimum Gasteiger partial charge on any atom is -0.481 e. The number of aliphatic hydroxyl groups excluding tert-OH is 1. The summed E-state index contributed by atoms with van der Waals surface area (Å²) in [6.45, 7) is 10.3. The highest BCUT2D eigenvalue weighted by Crippen LogP contribution is 2.45. The maximum Gasteiger partial charge on any atom is 0.309 e. The van der Waals surface area contributed by atoms with E-state index in [0.717, 1.165) is 10.4 Å². The van der Waals surface area contributed by atoms with Gasteiger partial charge in [0.2, 0.25) is 0 Å². The van der Waals surface area contributed by atoms with Crippen molar-refractivity contribution >= 4 is 24.7 Å². The third kappa shape index (κ3) is 3.98. The normalized spacial score (nSPS) is 27.6. The molecule has 2 N–H and O–H groups in total. The fourth-order valence-corrected chi connectivity index (χ4v) is 9.62. The van der Waals surface area contributed by atoms with Crippen molar-refractivity contribution in [1.29, 1.82) is 0 Å². The van der Waals surface area contributed by atoms with Crippen molar-refractivity contribution in [2.75, 3.05) is 0 Å². The van der Waals surface area contributed by atoms with Gasteiger partial charge in [-0.05, 0) is 35.2 Å². The van der Waals surface area contributed by atoms with Gasteiger partial charge in [0.15, 0.2) is 0 Å². The topological polar surface area (TPSA) is 66.8 Å². The van der Waals surface area contributed by atoms with Crippen LogP contribution in [0.5, 0.6) is 0 Å². The molecular formula is C25H34O4Si. The van der Waals surface area contributed by atoms with Crippen LogP contribution in [-0.4, -0.2) is 36.7 Å². The van der Waals surface area contributed by atoms with Crippen LogP contribution < -0.4 is 10.4 Å². The smallest absolute Gasteiger partial charge is 0.309 e. The first-order valence-electron chi connectivity index (χ1n) is 10.7. The van der Waals surface area contributed by atoms with E-state index in [1.54, 1.807) is 6.92 Å². The molecule has 0 bridgehead atoms. The minimum atomic E-state index is -2.81. The van der Waals surface area contributed by atoms with Gasteiger partial charge in [-0.15, -0.1) is 0 Å². The number of carbonyl (C=O) groups is 1. The molecule has 2 aromatic carbocycles. The van der Waals surface area contributed by atoms with Crippen LogP contribution >= 0.6 is 0 Å². The highest BCUT2D eigenvalue weighted by atomic mass is 28.4. The number of carboxylic acids is 1. The lowest BCUT2D eigenvalue weighted by Gasteiger charge is -2.50. The van der Waals surface area contributed by atoms with Crippen molar-refractivity contribution in [3.05, 3.63) is 60.7 Å². The second-order valence-electron chi connectivity index (χ2n) is 10.0. The largest absolute Gasteiger partial charge is 0.481 e. The van der Waals surface area contributed by atoms with Gasteiger partial charge in [0.25, 0.3) is 8.32 Å². The molecule has 0 aliphatic heterocycles. The summed E-state index contributed by atoms with van der Waals surface area (Å²) in [5.74, 6) is -1.01. The molecule has 0 spiro atoms. The van der Waals surface area contributed by atoms with Crippen LogP contribution in [0.1, 0.15) is 47.5 Å². The van der Waals surface area contributed by atoms with Crippen molar-refractivity contribution in [2.45, 2.75) is 64.7 Å². The predicted octanol–water partition coefficient (Wildman–Crippen LogP) is 3.81. The van der Waals surface area contributed by atoms with Crippen molar-refractivity contribution in [3.63, 3.8) is 0 Å². The van der Waals surface area contributed by atoms with Crippen LogP contribution in [0.15, 0.2) is 60.7 Å². The zero-order valence-corrected chi connectivity index (χ0v) is 19.6. The summed E-state index contributed by atoms with van der Waals surface area (Å²) in [5, 5.41) is 22.7. The number of rotatable bonds is 5.